The van der Waals surface area contributed by atoms with E-state index in [-0.39, 0.29) is 17.4 Å². The Bertz CT molecular complexity index is 394. The topological polar surface area (TPSA) is 68.3 Å². The summed E-state index contributed by atoms with van der Waals surface area (Å²) >= 11 is 0. The second-order valence-electron chi connectivity index (χ2n) is 5.66. The summed E-state index contributed by atoms with van der Waals surface area (Å²) in [7, 11) is 0. The lowest BCUT2D eigenvalue weighted by atomic mass is 9.62. The van der Waals surface area contributed by atoms with Gasteiger partial charge in [0.15, 0.2) is 0 Å². The number of nitrogens with two attached hydrogens (primary N) is 1. The second-order valence-corrected chi connectivity index (χ2v) is 5.66. The van der Waals surface area contributed by atoms with Crippen LogP contribution in [0.15, 0.2) is 22.8 Å². The Morgan fingerprint density at radius 3 is 2.89 bits per heavy atom. The van der Waals surface area contributed by atoms with E-state index < -0.39 is 0 Å². The van der Waals surface area contributed by atoms with E-state index in [1.165, 1.54) is 0 Å². The highest BCUT2D eigenvalue weighted by molar-refractivity contribution is 5.84. The summed E-state index contributed by atoms with van der Waals surface area (Å²) in [6, 6.07) is 3.86. The van der Waals surface area contributed by atoms with E-state index in [0.29, 0.717) is 12.5 Å². The molecule has 1 aromatic heterocycles. The van der Waals surface area contributed by atoms with Crippen molar-refractivity contribution in [3.63, 3.8) is 0 Å². The summed E-state index contributed by atoms with van der Waals surface area (Å²) in [4.78, 5) is 12.2. The van der Waals surface area contributed by atoms with Gasteiger partial charge in [-0.05, 0) is 37.8 Å². The van der Waals surface area contributed by atoms with Crippen LogP contribution in [0.5, 0.6) is 0 Å². The lowest BCUT2D eigenvalue weighted by Gasteiger charge is -2.44. The van der Waals surface area contributed by atoms with Crippen molar-refractivity contribution in [3.8, 4) is 0 Å². The summed E-state index contributed by atoms with van der Waals surface area (Å²) in [5, 5.41) is 3.05. The van der Waals surface area contributed by atoms with Crippen molar-refractivity contribution in [2.24, 2.45) is 17.1 Å². The Balaban J connectivity index is 1.87. The Kier molecular flexibility index (Phi) is 3.76. The number of carbonyl (C=O) groups excluding carboxylic acids is 1. The molecule has 0 aromatic carbocycles. The molecular weight excluding hydrogens is 228 g/mol. The molecule has 1 unspecified atom stereocenters. The molecule has 0 bridgehead atoms. The fraction of sp³-hybridized carbons (Fsp3) is 0.643. The molecule has 4 heteroatoms. The number of furan rings is 1. The third-order valence-electron chi connectivity index (χ3n) is 3.82. The lowest BCUT2D eigenvalue weighted by Crippen LogP contribution is -2.55. The Labute approximate surface area is 108 Å². The van der Waals surface area contributed by atoms with Crippen molar-refractivity contribution in [1.82, 2.24) is 5.32 Å². The smallest absolute Gasteiger partial charge is 0.227 e. The lowest BCUT2D eigenvalue weighted by molar-refractivity contribution is -0.138. The van der Waals surface area contributed by atoms with Crippen molar-refractivity contribution in [2.45, 2.75) is 39.2 Å². The van der Waals surface area contributed by atoms with Gasteiger partial charge < -0.3 is 15.5 Å². The van der Waals surface area contributed by atoms with Gasteiger partial charge in [-0.15, -0.1) is 0 Å². The minimum Gasteiger partial charge on any atom is -0.469 e. The summed E-state index contributed by atoms with van der Waals surface area (Å²) in [6.45, 7) is 4.59. The molecule has 1 aliphatic carbocycles. The summed E-state index contributed by atoms with van der Waals surface area (Å²) in [6.07, 6.45) is 4.18. The third kappa shape index (κ3) is 2.58. The maximum Gasteiger partial charge on any atom is 0.227 e. The number of hydrogen-bond acceptors (Lipinski definition) is 3. The summed E-state index contributed by atoms with van der Waals surface area (Å²) in [5.74, 6) is 1.61. The van der Waals surface area contributed by atoms with Gasteiger partial charge in [0.2, 0.25) is 5.91 Å². The van der Waals surface area contributed by atoms with Crippen LogP contribution in [0, 0.1) is 11.3 Å². The zero-order valence-electron chi connectivity index (χ0n) is 11.1. The number of rotatable bonds is 5. The standard InChI is InChI=1S/C14H22N2O2/c1-10-7-14(8-10,9-15)13(17)16-11(2)6-12-4-3-5-18-12/h3-5,10-11H,6-9,15H2,1-2H3,(H,16,17). The van der Waals surface area contributed by atoms with Crippen molar-refractivity contribution < 1.29 is 9.21 Å². The van der Waals surface area contributed by atoms with E-state index in [1.54, 1.807) is 6.26 Å². The highest BCUT2D eigenvalue weighted by Gasteiger charge is 2.47. The van der Waals surface area contributed by atoms with Crippen LogP contribution >= 0.6 is 0 Å². The van der Waals surface area contributed by atoms with Crippen molar-refractivity contribution in [1.29, 1.82) is 0 Å². The average Bonchev–Trinajstić information content (AvgIpc) is 2.76. The molecule has 1 aromatic rings. The Morgan fingerprint density at radius 2 is 2.39 bits per heavy atom. The Hall–Kier alpha value is -1.29. The van der Waals surface area contributed by atoms with Crippen LogP contribution in [0.1, 0.15) is 32.4 Å². The molecule has 1 fully saturated rings. The zero-order chi connectivity index (χ0) is 13.2. The van der Waals surface area contributed by atoms with Gasteiger partial charge in [0.05, 0.1) is 11.7 Å². The zero-order valence-corrected chi connectivity index (χ0v) is 11.1. The first kappa shape index (κ1) is 13.1. The molecule has 0 radical (unpaired) electrons. The quantitative estimate of drug-likeness (QED) is 0.835. The van der Waals surface area contributed by atoms with Crippen molar-refractivity contribution >= 4 is 5.91 Å². The van der Waals surface area contributed by atoms with Gasteiger partial charge in [0.25, 0.3) is 0 Å². The molecule has 18 heavy (non-hydrogen) atoms. The molecule has 1 aliphatic rings. The maximum absolute atomic E-state index is 12.2. The minimum absolute atomic E-state index is 0.0722. The highest BCUT2D eigenvalue weighted by atomic mass is 16.3. The fourth-order valence-corrected chi connectivity index (χ4v) is 2.88. The van der Waals surface area contributed by atoms with Gasteiger partial charge in [0, 0.05) is 19.0 Å². The van der Waals surface area contributed by atoms with Gasteiger partial charge >= 0.3 is 0 Å². The van der Waals surface area contributed by atoms with Crippen LogP contribution in [0.3, 0.4) is 0 Å². The normalized spacial score (nSPS) is 28.5. The van der Waals surface area contributed by atoms with Crippen LogP contribution in [0.2, 0.25) is 0 Å². The first-order valence-electron chi connectivity index (χ1n) is 6.59. The number of amides is 1. The predicted octanol–water partition coefficient (Wildman–Crippen LogP) is 1.70. The molecule has 1 amide bonds. The van der Waals surface area contributed by atoms with Crippen LogP contribution in [-0.4, -0.2) is 18.5 Å². The van der Waals surface area contributed by atoms with E-state index in [1.807, 2.05) is 19.1 Å². The Morgan fingerprint density at radius 1 is 1.67 bits per heavy atom. The van der Waals surface area contributed by atoms with Gasteiger partial charge in [-0.3, -0.25) is 4.79 Å². The molecule has 1 heterocycles. The predicted molar refractivity (Wildman–Crippen MR) is 69.9 cm³/mol. The molecule has 0 aliphatic heterocycles. The van der Waals surface area contributed by atoms with E-state index >= 15 is 0 Å². The number of carbonyl (C=O) groups is 1. The van der Waals surface area contributed by atoms with E-state index in [4.69, 9.17) is 10.2 Å². The monoisotopic (exact) mass is 250 g/mol. The fourth-order valence-electron chi connectivity index (χ4n) is 2.88. The molecular formula is C14H22N2O2. The number of hydrogen-bond donors (Lipinski definition) is 2. The average molecular weight is 250 g/mol. The van der Waals surface area contributed by atoms with Crippen LogP contribution in [-0.2, 0) is 11.2 Å². The highest BCUT2D eigenvalue weighted by Crippen LogP contribution is 2.44. The van der Waals surface area contributed by atoms with Gasteiger partial charge in [-0.2, -0.15) is 0 Å². The van der Waals surface area contributed by atoms with Gasteiger partial charge in [-0.25, -0.2) is 0 Å². The van der Waals surface area contributed by atoms with Crippen LogP contribution in [0.25, 0.3) is 0 Å². The minimum atomic E-state index is -0.323. The summed E-state index contributed by atoms with van der Waals surface area (Å²) in [5.41, 5.74) is 5.44. The molecule has 3 N–H and O–H groups in total. The molecule has 0 spiro atoms. The van der Waals surface area contributed by atoms with Crippen molar-refractivity contribution in [2.75, 3.05) is 6.54 Å². The van der Waals surface area contributed by atoms with E-state index in [9.17, 15) is 4.79 Å². The maximum atomic E-state index is 12.2. The van der Waals surface area contributed by atoms with E-state index in [0.717, 1.165) is 25.0 Å². The van der Waals surface area contributed by atoms with Gasteiger partial charge in [0.1, 0.15) is 5.76 Å². The first-order chi connectivity index (χ1) is 8.55. The molecule has 100 valence electrons. The largest absolute Gasteiger partial charge is 0.469 e. The molecule has 0 saturated heterocycles. The molecule has 4 nitrogen and oxygen atoms in total. The van der Waals surface area contributed by atoms with Crippen LogP contribution in [0.4, 0.5) is 0 Å². The molecule has 1 atom stereocenters. The van der Waals surface area contributed by atoms with Crippen molar-refractivity contribution in [3.05, 3.63) is 24.2 Å². The number of nitrogens with one attached hydrogen (secondary N) is 1. The first-order valence-corrected chi connectivity index (χ1v) is 6.59. The molecule has 1 saturated carbocycles. The third-order valence-corrected chi connectivity index (χ3v) is 3.82. The van der Waals surface area contributed by atoms with E-state index in [2.05, 4.69) is 12.2 Å². The SMILES string of the molecule is CC1CC(CN)(C(=O)NC(C)Cc2ccco2)C1. The molecule has 2 rings (SSSR count). The van der Waals surface area contributed by atoms with Crippen LogP contribution < -0.4 is 11.1 Å². The summed E-state index contributed by atoms with van der Waals surface area (Å²) < 4.78 is 5.28. The van der Waals surface area contributed by atoms with Gasteiger partial charge in [-0.1, -0.05) is 6.92 Å². The second kappa shape index (κ2) is 5.14.